The molecular formula is C22H25N3O4S. The molecule has 0 unspecified atom stereocenters. The molecule has 2 amide bonds. The van der Waals surface area contributed by atoms with Gasteiger partial charge >= 0.3 is 0 Å². The van der Waals surface area contributed by atoms with Gasteiger partial charge in [0.1, 0.15) is 16.9 Å². The molecule has 1 aliphatic rings. The molecule has 3 rings (SSSR count). The minimum absolute atomic E-state index is 0.214. The summed E-state index contributed by atoms with van der Waals surface area (Å²) in [6, 6.07) is 15.5. The van der Waals surface area contributed by atoms with E-state index in [0.29, 0.717) is 30.6 Å². The van der Waals surface area contributed by atoms with Crippen LogP contribution >= 0.6 is 11.8 Å². The zero-order chi connectivity index (χ0) is 21.5. The van der Waals surface area contributed by atoms with Crippen LogP contribution in [0, 0.1) is 6.92 Å². The molecule has 0 aromatic heterocycles. The van der Waals surface area contributed by atoms with Crippen molar-refractivity contribution in [2.45, 2.75) is 32.6 Å². The molecule has 0 radical (unpaired) electrons. The van der Waals surface area contributed by atoms with Gasteiger partial charge in [-0.05, 0) is 25.1 Å². The Hall–Kier alpha value is -3.00. The fraction of sp³-hybridized carbons (Fsp3) is 0.318. The van der Waals surface area contributed by atoms with Crippen LogP contribution in [0.25, 0.3) is 0 Å². The van der Waals surface area contributed by atoms with Crippen LogP contribution in [-0.2, 0) is 9.59 Å². The van der Waals surface area contributed by atoms with E-state index in [1.165, 1.54) is 36.2 Å². The molecule has 8 heteroatoms. The molecule has 1 N–H and O–H groups in total. The van der Waals surface area contributed by atoms with Gasteiger partial charge in [-0.25, -0.2) is 5.01 Å². The van der Waals surface area contributed by atoms with Crippen LogP contribution in [0.15, 0.2) is 53.6 Å². The van der Waals surface area contributed by atoms with Crippen LogP contribution in [-0.4, -0.2) is 35.2 Å². The van der Waals surface area contributed by atoms with Gasteiger partial charge in [0.15, 0.2) is 5.17 Å². The van der Waals surface area contributed by atoms with Gasteiger partial charge in [0.05, 0.1) is 13.2 Å². The smallest absolute Gasteiger partial charge is 0.241 e. The number of rotatable bonds is 7. The number of nitrogens with zero attached hydrogens (tertiary/aromatic N) is 2. The van der Waals surface area contributed by atoms with Crippen LogP contribution in [0.4, 0.5) is 0 Å². The summed E-state index contributed by atoms with van der Waals surface area (Å²) < 4.78 is 11.7. The first-order valence-electron chi connectivity index (χ1n) is 9.68. The Bertz CT molecular complexity index is 930. The van der Waals surface area contributed by atoms with E-state index < -0.39 is 5.37 Å². The Kier molecular flexibility index (Phi) is 7.35. The van der Waals surface area contributed by atoms with Gasteiger partial charge in [-0.3, -0.25) is 9.59 Å². The molecule has 2 aromatic carbocycles. The topological polar surface area (TPSA) is 80.2 Å². The number of amidine groups is 1. The number of carbonyl (C=O) groups is 2. The molecule has 30 heavy (non-hydrogen) atoms. The van der Waals surface area contributed by atoms with Gasteiger partial charge < -0.3 is 14.8 Å². The van der Waals surface area contributed by atoms with Gasteiger partial charge in [0.2, 0.25) is 11.8 Å². The third-order valence-electron chi connectivity index (χ3n) is 4.27. The highest BCUT2D eigenvalue weighted by atomic mass is 32.2. The van der Waals surface area contributed by atoms with E-state index in [2.05, 4.69) is 10.4 Å². The SMILES string of the molecule is CC(=O)NC1=NN(C(C)=O)[C@@H](c2ccccc2OCCCOc2ccc(C)cc2)S1. The summed E-state index contributed by atoms with van der Waals surface area (Å²) in [7, 11) is 0. The van der Waals surface area contributed by atoms with Gasteiger partial charge in [0, 0.05) is 25.8 Å². The summed E-state index contributed by atoms with van der Waals surface area (Å²) in [5.41, 5.74) is 2.01. The number of carbonyl (C=O) groups excluding carboxylic acids is 2. The molecule has 1 aliphatic heterocycles. The lowest BCUT2D eigenvalue weighted by Gasteiger charge is -2.21. The monoisotopic (exact) mass is 427 g/mol. The van der Waals surface area contributed by atoms with Crippen LogP contribution in [0.2, 0.25) is 0 Å². The zero-order valence-corrected chi connectivity index (χ0v) is 18.1. The van der Waals surface area contributed by atoms with Gasteiger partial charge in [0.25, 0.3) is 0 Å². The number of benzene rings is 2. The molecule has 0 bridgehead atoms. The molecule has 2 aromatic rings. The number of ether oxygens (including phenoxy) is 2. The van der Waals surface area contributed by atoms with Crippen molar-refractivity contribution >= 4 is 28.7 Å². The van der Waals surface area contributed by atoms with Gasteiger partial charge in [-0.1, -0.05) is 47.7 Å². The van der Waals surface area contributed by atoms with Gasteiger partial charge in [-0.15, -0.1) is 5.10 Å². The summed E-state index contributed by atoms with van der Waals surface area (Å²) in [5, 5.41) is 8.23. The van der Waals surface area contributed by atoms with E-state index >= 15 is 0 Å². The first kappa shape index (κ1) is 21.7. The molecule has 0 saturated carbocycles. The fourth-order valence-corrected chi connectivity index (χ4v) is 4.01. The number of hydrogen-bond acceptors (Lipinski definition) is 6. The Morgan fingerprint density at radius 3 is 2.47 bits per heavy atom. The standard InChI is InChI=1S/C22H25N3O4S/c1-15-9-11-18(12-10-15)28-13-6-14-29-20-8-5-4-7-19(20)21-25(17(3)27)24-22(30-21)23-16(2)26/h4-5,7-12,21H,6,13-14H2,1-3H3,(H,23,24,26)/t21-/m1/s1. The molecule has 0 saturated heterocycles. The molecule has 0 fully saturated rings. The first-order chi connectivity index (χ1) is 14.4. The summed E-state index contributed by atoms with van der Waals surface area (Å²) in [6.07, 6.45) is 0.712. The number of aryl methyl sites for hydroxylation is 1. The minimum Gasteiger partial charge on any atom is -0.493 e. The van der Waals surface area contributed by atoms with Crippen molar-refractivity contribution in [3.8, 4) is 11.5 Å². The maximum atomic E-state index is 12.1. The van der Waals surface area contributed by atoms with Crippen LogP contribution in [0.5, 0.6) is 11.5 Å². The van der Waals surface area contributed by atoms with Gasteiger partial charge in [-0.2, -0.15) is 0 Å². The summed E-state index contributed by atoms with van der Waals surface area (Å²) in [6.45, 7) is 5.90. The molecule has 0 spiro atoms. The first-order valence-corrected chi connectivity index (χ1v) is 10.6. The highest BCUT2D eigenvalue weighted by molar-refractivity contribution is 8.14. The molecule has 0 aliphatic carbocycles. The predicted octanol–water partition coefficient (Wildman–Crippen LogP) is 3.84. The Balaban J connectivity index is 1.59. The average molecular weight is 428 g/mol. The maximum absolute atomic E-state index is 12.1. The third kappa shape index (κ3) is 5.76. The van der Waals surface area contributed by atoms with E-state index in [-0.39, 0.29) is 11.8 Å². The summed E-state index contributed by atoms with van der Waals surface area (Å²) in [5.74, 6) is 1.07. The second kappa shape index (κ2) is 10.2. The van der Waals surface area contributed by atoms with Crippen molar-refractivity contribution in [1.29, 1.82) is 0 Å². The molecule has 1 heterocycles. The normalized spacial score (nSPS) is 15.5. The third-order valence-corrected chi connectivity index (χ3v) is 5.35. The van der Waals surface area contributed by atoms with E-state index in [1.54, 1.807) is 0 Å². The number of nitrogens with one attached hydrogen (secondary N) is 1. The van der Waals surface area contributed by atoms with Crippen molar-refractivity contribution in [2.24, 2.45) is 5.10 Å². The molecular weight excluding hydrogens is 402 g/mol. The highest BCUT2D eigenvalue weighted by Gasteiger charge is 2.34. The number of hydrogen-bond donors (Lipinski definition) is 1. The maximum Gasteiger partial charge on any atom is 0.241 e. The second-order valence-electron chi connectivity index (χ2n) is 6.82. The highest BCUT2D eigenvalue weighted by Crippen LogP contribution is 2.42. The summed E-state index contributed by atoms with van der Waals surface area (Å²) in [4.78, 5) is 23.4. The van der Waals surface area contributed by atoms with Crippen molar-refractivity contribution in [1.82, 2.24) is 10.3 Å². The fourth-order valence-electron chi connectivity index (χ4n) is 2.85. The quantitative estimate of drug-likeness (QED) is 0.679. The lowest BCUT2D eigenvalue weighted by Crippen LogP contribution is -2.25. The second-order valence-corrected chi connectivity index (χ2v) is 7.89. The van der Waals surface area contributed by atoms with E-state index in [9.17, 15) is 9.59 Å². The number of hydrazone groups is 1. The molecule has 7 nitrogen and oxygen atoms in total. The van der Waals surface area contributed by atoms with Crippen molar-refractivity contribution < 1.29 is 19.1 Å². The number of para-hydroxylation sites is 1. The number of amides is 2. The van der Waals surface area contributed by atoms with E-state index in [4.69, 9.17) is 9.47 Å². The van der Waals surface area contributed by atoms with Crippen molar-refractivity contribution in [3.63, 3.8) is 0 Å². The van der Waals surface area contributed by atoms with E-state index in [0.717, 1.165) is 11.3 Å². The van der Waals surface area contributed by atoms with Crippen LogP contribution < -0.4 is 14.8 Å². The predicted molar refractivity (Wildman–Crippen MR) is 117 cm³/mol. The minimum atomic E-state index is -0.399. The van der Waals surface area contributed by atoms with Crippen molar-refractivity contribution in [3.05, 3.63) is 59.7 Å². The Morgan fingerprint density at radius 2 is 1.77 bits per heavy atom. The number of thioether (sulfide) groups is 1. The van der Waals surface area contributed by atoms with Crippen LogP contribution in [0.1, 0.15) is 36.8 Å². The average Bonchev–Trinajstić information content (AvgIpc) is 3.12. The largest absolute Gasteiger partial charge is 0.493 e. The molecule has 158 valence electrons. The Morgan fingerprint density at radius 1 is 1.07 bits per heavy atom. The molecule has 1 atom stereocenters. The lowest BCUT2D eigenvalue weighted by molar-refractivity contribution is -0.129. The van der Waals surface area contributed by atoms with E-state index in [1.807, 2.05) is 55.5 Å². The summed E-state index contributed by atoms with van der Waals surface area (Å²) >= 11 is 1.30. The Labute approximate surface area is 180 Å². The van der Waals surface area contributed by atoms with Crippen LogP contribution in [0.3, 0.4) is 0 Å². The lowest BCUT2D eigenvalue weighted by atomic mass is 10.2. The van der Waals surface area contributed by atoms with Crippen molar-refractivity contribution in [2.75, 3.05) is 13.2 Å². The zero-order valence-electron chi connectivity index (χ0n) is 17.3.